The maximum Gasteiger partial charge on any atom is 0.0413 e. The summed E-state index contributed by atoms with van der Waals surface area (Å²) >= 11 is 0. The summed E-state index contributed by atoms with van der Waals surface area (Å²) in [5.74, 6) is 0.693. The summed E-state index contributed by atoms with van der Waals surface area (Å²) in [6.07, 6.45) is 1.18. The van der Waals surface area contributed by atoms with Crippen molar-refractivity contribution < 1.29 is 0 Å². The molecule has 0 N–H and O–H groups in total. The molecule has 0 radical (unpaired) electrons. The van der Waals surface area contributed by atoms with Crippen LogP contribution < -0.4 is 4.90 Å². The smallest absolute Gasteiger partial charge is 0.0413 e. The van der Waals surface area contributed by atoms with Gasteiger partial charge in [-0.05, 0) is 57.4 Å². The number of hydrogen-bond donors (Lipinski definition) is 0. The zero-order chi connectivity index (χ0) is 15.4. The number of benzene rings is 2. The van der Waals surface area contributed by atoms with Crippen molar-refractivity contribution in [2.24, 2.45) is 5.92 Å². The van der Waals surface area contributed by atoms with Crippen molar-refractivity contribution in [2.45, 2.75) is 47.1 Å². The molecule has 0 saturated carbocycles. The first kappa shape index (κ1) is 15.6. The Morgan fingerprint density at radius 3 is 1.43 bits per heavy atom. The number of nitrogens with zero attached hydrogens (tertiary/aromatic N) is 1. The van der Waals surface area contributed by atoms with E-state index in [2.05, 4.69) is 88.0 Å². The highest BCUT2D eigenvalue weighted by atomic mass is 15.2. The lowest BCUT2D eigenvalue weighted by Gasteiger charge is -2.33. The average molecular weight is 281 g/mol. The minimum Gasteiger partial charge on any atom is -0.339 e. The van der Waals surface area contributed by atoms with Gasteiger partial charge in [-0.3, -0.25) is 0 Å². The van der Waals surface area contributed by atoms with Crippen molar-refractivity contribution in [1.29, 1.82) is 0 Å². The zero-order valence-corrected chi connectivity index (χ0v) is 13.9. The fourth-order valence-corrected chi connectivity index (χ4v) is 2.86. The van der Waals surface area contributed by atoms with Gasteiger partial charge in [-0.15, -0.1) is 0 Å². The van der Waals surface area contributed by atoms with E-state index < -0.39 is 0 Å². The number of rotatable bonds is 5. The number of hydrogen-bond acceptors (Lipinski definition) is 1. The summed E-state index contributed by atoms with van der Waals surface area (Å²) < 4.78 is 0. The first-order valence-electron chi connectivity index (χ1n) is 7.90. The Balaban J connectivity index is 2.38. The van der Waals surface area contributed by atoms with Crippen LogP contribution in [0.25, 0.3) is 0 Å². The summed E-state index contributed by atoms with van der Waals surface area (Å²) in [5.41, 5.74) is 5.16. The molecule has 21 heavy (non-hydrogen) atoms. The Morgan fingerprint density at radius 2 is 1.10 bits per heavy atom. The van der Waals surface area contributed by atoms with Gasteiger partial charge in [-0.25, -0.2) is 0 Å². The number of aryl methyl sites for hydroxylation is 2. The summed E-state index contributed by atoms with van der Waals surface area (Å²) in [7, 11) is 0. The van der Waals surface area contributed by atoms with Crippen molar-refractivity contribution in [3.05, 3.63) is 59.7 Å². The molecule has 0 spiro atoms. The van der Waals surface area contributed by atoms with Crippen LogP contribution in [-0.4, -0.2) is 6.04 Å². The molecule has 0 aliphatic rings. The molecule has 2 rings (SSSR count). The monoisotopic (exact) mass is 281 g/mol. The molecule has 2 aromatic carbocycles. The van der Waals surface area contributed by atoms with E-state index in [4.69, 9.17) is 0 Å². The highest BCUT2D eigenvalue weighted by Gasteiger charge is 2.17. The van der Waals surface area contributed by atoms with Gasteiger partial charge in [0.2, 0.25) is 0 Å². The van der Waals surface area contributed by atoms with Crippen LogP contribution in [0.3, 0.4) is 0 Å². The van der Waals surface area contributed by atoms with Crippen LogP contribution in [0, 0.1) is 19.8 Å². The second kappa shape index (κ2) is 6.80. The van der Waals surface area contributed by atoms with E-state index in [-0.39, 0.29) is 0 Å². The largest absolute Gasteiger partial charge is 0.339 e. The van der Waals surface area contributed by atoms with E-state index in [1.165, 1.54) is 28.9 Å². The SMILES string of the molecule is Cc1ccc(N(c2ccc(C)cc2)C(C)CC(C)C)cc1. The van der Waals surface area contributed by atoms with E-state index in [0.717, 1.165) is 0 Å². The standard InChI is InChI=1S/C20H27N/c1-15(2)14-18(5)21(19-10-6-16(3)7-11-19)20-12-8-17(4)9-13-20/h6-13,15,18H,14H2,1-5H3. The molecule has 0 amide bonds. The lowest BCUT2D eigenvalue weighted by Crippen LogP contribution is -2.29. The molecule has 0 bridgehead atoms. The van der Waals surface area contributed by atoms with Gasteiger partial charge >= 0.3 is 0 Å². The minimum atomic E-state index is 0.482. The molecule has 0 aliphatic heterocycles. The fourth-order valence-electron chi connectivity index (χ4n) is 2.86. The lowest BCUT2D eigenvalue weighted by atomic mass is 10.0. The summed E-state index contributed by atoms with van der Waals surface area (Å²) in [6, 6.07) is 18.2. The van der Waals surface area contributed by atoms with Crippen molar-refractivity contribution in [3.63, 3.8) is 0 Å². The molecule has 0 fully saturated rings. The van der Waals surface area contributed by atoms with Crippen molar-refractivity contribution >= 4 is 11.4 Å². The van der Waals surface area contributed by atoms with Crippen molar-refractivity contribution in [2.75, 3.05) is 4.90 Å². The van der Waals surface area contributed by atoms with E-state index in [0.29, 0.717) is 12.0 Å². The maximum absolute atomic E-state index is 2.46. The summed E-state index contributed by atoms with van der Waals surface area (Å²) in [4.78, 5) is 2.46. The van der Waals surface area contributed by atoms with E-state index in [9.17, 15) is 0 Å². The zero-order valence-electron chi connectivity index (χ0n) is 13.9. The fraction of sp³-hybridized carbons (Fsp3) is 0.400. The van der Waals surface area contributed by atoms with Crippen LogP contribution in [-0.2, 0) is 0 Å². The van der Waals surface area contributed by atoms with Crippen LogP contribution in [0.5, 0.6) is 0 Å². The van der Waals surface area contributed by atoms with Gasteiger partial charge < -0.3 is 4.90 Å². The Hall–Kier alpha value is -1.76. The molecule has 2 aromatic rings. The first-order valence-corrected chi connectivity index (χ1v) is 7.90. The van der Waals surface area contributed by atoms with E-state index in [1.54, 1.807) is 0 Å². The third-order valence-electron chi connectivity index (χ3n) is 3.88. The first-order chi connectivity index (χ1) is 9.97. The van der Waals surface area contributed by atoms with Crippen LogP contribution in [0.4, 0.5) is 11.4 Å². The van der Waals surface area contributed by atoms with Gasteiger partial charge in [0.05, 0.1) is 0 Å². The summed E-state index contributed by atoms with van der Waals surface area (Å²) in [5, 5.41) is 0. The second-order valence-corrected chi connectivity index (χ2v) is 6.52. The van der Waals surface area contributed by atoms with Crippen molar-refractivity contribution in [1.82, 2.24) is 0 Å². The molecule has 0 aromatic heterocycles. The molecule has 1 atom stereocenters. The van der Waals surface area contributed by atoms with Gasteiger partial charge in [0.15, 0.2) is 0 Å². The van der Waals surface area contributed by atoms with Crippen LogP contribution >= 0.6 is 0 Å². The number of anilines is 2. The molecule has 1 nitrogen and oxygen atoms in total. The van der Waals surface area contributed by atoms with Gasteiger partial charge in [0.1, 0.15) is 0 Å². The van der Waals surface area contributed by atoms with E-state index >= 15 is 0 Å². The predicted molar refractivity (Wildman–Crippen MR) is 93.4 cm³/mol. The quantitative estimate of drug-likeness (QED) is 0.662. The van der Waals surface area contributed by atoms with E-state index in [1.807, 2.05) is 0 Å². The molecule has 112 valence electrons. The Labute approximate surface area is 129 Å². The second-order valence-electron chi connectivity index (χ2n) is 6.52. The normalized spacial score (nSPS) is 12.5. The topological polar surface area (TPSA) is 3.24 Å². The predicted octanol–water partition coefficient (Wildman–Crippen LogP) is 5.88. The van der Waals surface area contributed by atoms with Crippen LogP contribution in [0.15, 0.2) is 48.5 Å². The highest BCUT2D eigenvalue weighted by molar-refractivity contribution is 5.64. The summed E-state index contributed by atoms with van der Waals surface area (Å²) in [6.45, 7) is 11.2. The third kappa shape index (κ3) is 4.10. The maximum atomic E-state index is 2.46. The Morgan fingerprint density at radius 1 is 0.714 bits per heavy atom. The van der Waals surface area contributed by atoms with Crippen LogP contribution in [0.2, 0.25) is 0 Å². The molecular weight excluding hydrogens is 254 g/mol. The minimum absolute atomic E-state index is 0.482. The third-order valence-corrected chi connectivity index (χ3v) is 3.88. The lowest BCUT2D eigenvalue weighted by molar-refractivity contribution is 0.513. The van der Waals surface area contributed by atoms with Gasteiger partial charge in [-0.2, -0.15) is 0 Å². The molecule has 0 aliphatic carbocycles. The Kier molecular flexibility index (Phi) is 5.06. The highest BCUT2D eigenvalue weighted by Crippen LogP contribution is 2.30. The molecular formula is C20H27N. The van der Waals surface area contributed by atoms with Gasteiger partial charge in [0.25, 0.3) is 0 Å². The Bertz CT molecular complexity index is 506. The molecule has 0 heterocycles. The van der Waals surface area contributed by atoms with Crippen LogP contribution in [0.1, 0.15) is 38.3 Å². The molecule has 1 heteroatoms. The molecule has 1 unspecified atom stereocenters. The molecule has 0 saturated heterocycles. The van der Waals surface area contributed by atoms with Gasteiger partial charge in [0, 0.05) is 17.4 Å². The van der Waals surface area contributed by atoms with Gasteiger partial charge in [-0.1, -0.05) is 49.2 Å². The average Bonchev–Trinajstić information content (AvgIpc) is 2.42. The van der Waals surface area contributed by atoms with Crippen molar-refractivity contribution in [3.8, 4) is 0 Å².